The van der Waals surface area contributed by atoms with Gasteiger partial charge in [-0.05, 0) is 49.6 Å². The van der Waals surface area contributed by atoms with Crippen LogP contribution in [0.15, 0.2) is 95.2 Å². The van der Waals surface area contributed by atoms with Crippen molar-refractivity contribution in [1.29, 1.82) is 0 Å². The first kappa shape index (κ1) is 21.1. The van der Waals surface area contributed by atoms with Crippen LogP contribution in [0.4, 0.5) is 0 Å². The number of aromatic nitrogens is 1. The highest BCUT2D eigenvalue weighted by Crippen LogP contribution is 2.56. The summed E-state index contributed by atoms with van der Waals surface area (Å²) in [5.74, 6) is 0. The zero-order chi connectivity index (χ0) is 18.7. The molecule has 1 nitrogen and oxygen atoms in total. The third-order valence-electron chi connectivity index (χ3n) is 4.62. The molecule has 0 bridgehead atoms. The molecular weight excluding hydrogens is 421 g/mol. The van der Waals surface area contributed by atoms with E-state index >= 15 is 0 Å². The topological polar surface area (TPSA) is 12.9 Å². The predicted molar refractivity (Wildman–Crippen MR) is 131 cm³/mol. The van der Waals surface area contributed by atoms with E-state index < -0.39 is 7.26 Å². The lowest BCUT2D eigenvalue weighted by Gasteiger charge is -2.26. The summed E-state index contributed by atoms with van der Waals surface area (Å²) in [4.78, 5) is 5.13. The Hall–Kier alpha value is -1.64. The number of benzene rings is 3. The van der Waals surface area contributed by atoms with Crippen LogP contribution in [0.25, 0.3) is 0 Å². The zero-order valence-electron chi connectivity index (χ0n) is 15.8. The van der Waals surface area contributed by atoms with Gasteiger partial charge < -0.3 is 0 Å². The predicted octanol–water partition coefficient (Wildman–Crippen LogP) is 5.21. The minimum absolute atomic E-state index is 0. The minimum atomic E-state index is -2.06. The van der Waals surface area contributed by atoms with E-state index in [1.807, 2.05) is 11.8 Å². The van der Waals surface area contributed by atoms with Gasteiger partial charge in [-0.1, -0.05) is 54.6 Å². The first-order valence-electron chi connectivity index (χ1n) is 8.84. The SMILES string of the molecule is CSc1sc(C)nc1[P+](c1ccccc1)(c1ccccc1)c1ccccc1.Cl. The van der Waals surface area contributed by atoms with Gasteiger partial charge in [-0.15, -0.1) is 35.5 Å². The molecule has 1 aromatic heterocycles. The molecule has 0 N–H and O–H groups in total. The highest BCUT2D eigenvalue weighted by atomic mass is 35.5. The second-order valence-electron chi connectivity index (χ2n) is 6.23. The van der Waals surface area contributed by atoms with Crippen LogP contribution in [0.2, 0.25) is 0 Å². The quantitative estimate of drug-likeness (QED) is 0.310. The van der Waals surface area contributed by atoms with Gasteiger partial charge in [-0.2, -0.15) is 0 Å². The molecule has 0 aliphatic heterocycles. The molecule has 1 heterocycles. The van der Waals surface area contributed by atoms with Crippen LogP contribution in [0, 0.1) is 6.92 Å². The van der Waals surface area contributed by atoms with Crippen LogP contribution < -0.4 is 21.3 Å². The highest BCUT2D eigenvalue weighted by Gasteiger charge is 2.51. The summed E-state index contributed by atoms with van der Waals surface area (Å²) < 4.78 is 1.32. The normalized spacial score (nSPS) is 11.1. The van der Waals surface area contributed by atoms with E-state index in [4.69, 9.17) is 4.98 Å². The van der Waals surface area contributed by atoms with Crippen molar-refractivity contribution in [1.82, 2.24) is 4.98 Å². The number of halogens is 1. The maximum Gasteiger partial charge on any atom is 0.223 e. The Bertz CT molecular complexity index is 924. The number of thioether (sulfide) groups is 1. The van der Waals surface area contributed by atoms with E-state index in [1.54, 1.807) is 11.3 Å². The molecule has 0 fully saturated rings. The Balaban J connectivity index is 0.00000225. The molecule has 0 spiro atoms. The molecule has 142 valence electrons. The molecule has 3 aromatic carbocycles. The van der Waals surface area contributed by atoms with Gasteiger partial charge >= 0.3 is 0 Å². The van der Waals surface area contributed by atoms with Crippen molar-refractivity contribution in [3.05, 3.63) is 96.0 Å². The van der Waals surface area contributed by atoms with Crippen LogP contribution in [0.1, 0.15) is 5.01 Å². The molecule has 0 saturated heterocycles. The smallest absolute Gasteiger partial charge is 0.205 e. The summed E-state index contributed by atoms with van der Waals surface area (Å²) in [6.07, 6.45) is 2.16. The average Bonchev–Trinajstić information content (AvgIpc) is 3.12. The second-order valence-corrected chi connectivity index (χ2v) is 11.8. The minimum Gasteiger partial charge on any atom is -0.205 e. The summed E-state index contributed by atoms with van der Waals surface area (Å²) in [5.41, 5.74) is 1.24. The largest absolute Gasteiger partial charge is 0.223 e. The summed E-state index contributed by atoms with van der Waals surface area (Å²) in [5, 5.41) is 5.18. The second kappa shape index (κ2) is 9.24. The molecule has 0 amide bonds. The number of hydrogen-bond donors (Lipinski definition) is 0. The summed E-state index contributed by atoms with van der Waals surface area (Å²) in [6.45, 7) is 2.11. The molecule has 0 unspecified atom stereocenters. The van der Waals surface area contributed by atoms with Crippen molar-refractivity contribution in [2.45, 2.75) is 11.1 Å². The first-order valence-corrected chi connectivity index (χ1v) is 12.7. The van der Waals surface area contributed by atoms with Gasteiger partial charge in [0.15, 0.2) is 7.26 Å². The fraction of sp³-hybridized carbons (Fsp3) is 0.0870. The van der Waals surface area contributed by atoms with Crippen LogP contribution in [-0.2, 0) is 0 Å². The molecule has 5 heteroatoms. The van der Waals surface area contributed by atoms with Gasteiger partial charge in [-0.25, -0.2) is 4.98 Å². The summed E-state index contributed by atoms with van der Waals surface area (Å²) in [6, 6.07) is 32.8. The monoisotopic (exact) mass is 442 g/mol. The van der Waals surface area contributed by atoms with Gasteiger partial charge in [0, 0.05) is 0 Å². The van der Waals surface area contributed by atoms with E-state index in [2.05, 4.69) is 104 Å². The van der Waals surface area contributed by atoms with Crippen LogP contribution in [-0.4, -0.2) is 11.2 Å². The van der Waals surface area contributed by atoms with Gasteiger partial charge in [0.25, 0.3) is 0 Å². The van der Waals surface area contributed by atoms with E-state index in [-0.39, 0.29) is 12.4 Å². The lowest BCUT2D eigenvalue weighted by atomic mass is 10.4. The van der Waals surface area contributed by atoms with Crippen molar-refractivity contribution in [3.8, 4) is 0 Å². The van der Waals surface area contributed by atoms with Crippen LogP contribution >= 0.6 is 42.8 Å². The molecule has 0 saturated carbocycles. The molecule has 4 aromatic rings. The number of aryl methyl sites for hydroxylation is 1. The molecule has 0 atom stereocenters. The number of hydrogen-bond acceptors (Lipinski definition) is 3. The van der Waals surface area contributed by atoms with Gasteiger partial charge in [0.2, 0.25) is 5.44 Å². The van der Waals surface area contributed by atoms with E-state index in [0.717, 1.165) is 5.01 Å². The van der Waals surface area contributed by atoms with E-state index in [9.17, 15) is 0 Å². The van der Waals surface area contributed by atoms with Gasteiger partial charge in [-0.3, -0.25) is 0 Å². The molecule has 0 radical (unpaired) electrons. The van der Waals surface area contributed by atoms with Crippen molar-refractivity contribution >= 4 is 64.1 Å². The Labute approximate surface area is 182 Å². The maximum absolute atomic E-state index is 5.13. The molecule has 28 heavy (non-hydrogen) atoms. The van der Waals surface area contributed by atoms with E-state index in [0.29, 0.717) is 0 Å². The fourth-order valence-electron chi connectivity index (χ4n) is 3.51. The summed E-state index contributed by atoms with van der Waals surface area (Å²) >= 11 is 3.62. The Morgan fingerprint density at radius 1 is 0.714 bits per heavy atom. The average molecular weight is 443 g/mol. The Kier molecular flexibility index (Phi) is 6.95. The summed E-state index contributed by atoms with van der Waals surface area (Å²) in [7, 11) is -2.06. The standard InChI is InChI=1S/C23H21NPS2.ClH/c1-18-24-22(23(26-2)27-18)25(19-12-6-3-7-13-19,20-14-8-4-9-15-20)21-16-10-5-11-17-21;/h3-17H,1-2H3;1H/q+1;. The lowest BCUT2D eigenvalue weighted by molar-refractivity contribution is 1.32. The Morgan fingerprint density at radius 2 is 1.11 bits per heavy atom. The van der Waals surface area contributed by atoms with E-state index in [1.165, 1.54) is 25.6 Å². The third-order valence-corrected chi connectivity index (χ3v) is 11.2. The van der Waals surface area contributed by atoms with Crippen molar-refractivity contribution in [2.75, 3.05) is 6.26 Å². The third kappa shape index (κ3) is 3.65. The number of nitrogens with zero attached hydrogens (tertiary/aromatic N) is 1. The number of thiazole rings is 1. The van der Waals surface area contributed by atoms with Crippen molar-refractivity contribution in [2.24, 2.45) is 0 Å². The maximum atomic E-state index is 5.13. The van der Waals surface area contributed by atoms with Gasteiger partial charge in [0.1, 0.15) is 20.1 Å². The van der Waals surface area contributed by atoms with Crippen molar-refractivity contribution in [3.63, 3.8) is 0 Å². The Morgan fingerprint density at radius 3 is 1.46 bits per heavy atom. The first-order chi connectivity index (χ1) is 13.3. The fourth-order valence-corrected chi connectivity index (χ4v) is 10.3. The van der Waals surface area contributed by atoms with Crippen LogP contribution in [0.3, 0.4) is 0 Å². The zero-order valence-corrected chi connectivity index (χ0v) is 19.1. The molecular formula is C23H22ClNPS2+. The van der Waals surface area contributed by atoms with Crippen molar-refractivity contribution < 1.29 is 0 Å². The molecule has 0 aliphatic carbocycles. The lowest BCUT2D eigenvalue weighted by Crippen LogP contribution is -2.39. The molecule has 0 aliphatic rings. The number of rotatable bonds is 5. The molecule has 4 rings (SSSR count). The highest BCUT2D eigenvalue weighted by molar-refractivity contribution is 8.05. The van der Waals surface area contributed by atoms with Crippen LogP contribution in [0.5, 0.6) is 0 Å². The van der Waals surface area contributed by atoms with Gasteiger partial charge in [0.05, 0.1) is 5.01 Å².